The molecule has 1 fully saturated rings. The second kappa shape index (κ2) is 9.98. The lowest BCUT2D eigenvalue weighted by atomic mass is 9.71. The van der Waals surface area contributed by atoms with Crippen molar-refractivity contribution in [2.75, 3.05) is 13.1 Å². The summed E-state index contributed by atoms with van der Waals surface area (Å²) in [6.07, 6.45) is -11.9. The maximum Gasteiger partial charge on any atom is 0.430 e. The van der Waals surface area contributed by atoms with Gasteiger partial charge in [0.15, 0.2) is 0 Å². The van der Waals surface area contributed by atoms with Crippen molar-refractivity contribution in [2.24, 2.45) is 0 Å². The lowest BCUT2D eigenvalue weighted by Gasteiger charge is -2.34. The number of hydrogen-bond acceptors (Lipinski definition) is 2. The van der Waals surface area contributed by atoms with Crippen LogP contribution in [0.2, 0.25) is 0 Å². The third kappa shape index (κ3) is 4.97. The van der Waals surface area contributed by atoms with Crippen LogP contribution in [-0.4, -0.2) is 41.5 Å². The summed E-state index contributed by atoms with van der Waals surface area (Å²) < 4.78 is 80.2. The van der Waals surface area contributed by atoms with Crippen LogP contribution >= 0.6 is 0 Å². The lowest BCUT2D eigenvalue weighted by molar-refractivity contribution is -0.376. The molecule has 202 valence electrons. The molecular formula is C28H26F6N2O2. The maximum absolute atomic E-state index is 13.4. The van der Waals surface area contributed by atoms with E-state index in [9.17, 15) is 36.2 Å². The molecule has 4 rings (SSSR count). The number of urea groups is 1. The topological polar surface area (TPSA) is 52.6 Å². The molecule has 0 aliphatic carbocycles. The zero-order valence-electron chi connectivity index (χ0n) is 20.4. The highest BCUT2D eigenvalue weighted by Crippen LogP contribution is 2.51. The number of alkyl halides is 6. The lowest BCUT2D eigenvalue weighted by Crippen LogP contribution is -2.53. The van der Waals surface area contributed by atoms with E-state index in [-0.39, 0.29) is 25.0 Å². The number of likely N-dealkylation sites (tertiary alicyclic amines) is 1. The summed E-state index contributed by atoms with van der Waals surface area (Å²) in [5, 5.41) is 12.6. The molecule has 1 heterocycles. The third-order valence-corrected chi connectivity index (χ3v) is 7.25. The number of nitrogens with one attached hydrogen (secondary N) is 1. The fourth-order valence-electron chi connectivity index (χ4n) is 5.06. The van der Waals surface area contributed by atoms with Crippen LogP contribution in [0.3, 0.4) is 0 Å². The Balaban J connectivity index is 1.65. The zero-order valence-corrected chi connectivity index (χ0v) is 20.4. The molecule has 0 spiro atoms. The van der Waals surface area contributed by atoms with Crippen molar-refractivity contribution in [3.63, 3.8) is 0 Å². The number of amides is 2. The molecule has 2 atom stereocenters. The van der Waals surface area contributed by atoms with Crippen molar-refractivity contribution in [1.82, 2.24) is 10.2 Å². The normalized spacial score (nSPS) is 20.4. The average molecular weight is 537 g/mol. The van der Waals surface area contributed by atoms with Gasteiger partial charge in [-0.05, 0) is 16.7 Å². The molecule has 0 radical (unpaired) electrons. The summed E-state index contributed by atoms with van der Waals surface area (Å²) in [5.74, 6) is -0.291. The molecule has 38 heavy (non-hydrogen) atoms. The van der Waals surface area contributed by atoms with Gasteiger partial charge in [0, 0.05) is 36.5 Å². The van der Waals surface area contributed by atoms with Gasteiger partial charge in [-0.15, -0.1) is 0 Å². The van der Waals surface area contributed by atoms with Gasteiger partial charge < -0.3 is 15.3 Å². The predicted molar refractivity (Wildman–Crippen MR) is 129 cm³/mol. The van der Waals surface area contributed by atoms with Crippen molar-refractivity contribution in [3.8, 4) is 0 Å². The SMILES string of the molecule is C[C@@]1(c2ccc(C(O)(C(F)(F)F)C(F)(F)F)cc2)CN(C(=O)NCc2ccccc2)C[C@@H]1c1ccccc1. The first kappa shape index (κ1) is 27.5. The number of halogens is 6. The zero-order chi connectivity index (χ0) is 27.8. The van der Waals surface area contributed by atoms with E-state index in [2.05, 4.69) is 5.32 Å². The van der Waals surface area contributed by atoms with Gasteiger partial charge in [-0.1, -0.05) is 91.9 Å². The minimum Gasteiger partial charge on any atom is -0.369 e. The Hall–Kier alpha value is -3.53. The molecule has 0 bridgehead atoms. The number of carbonyl (C=O) groups is 1. The molecule has 3 aromatic carbocycles. The number of carbonyl (C=O) groups excluding carboxylic acids is 1. The quantitative estimate of drug-likeness (QED) is 0.378. The van der Waals surface area contributed by atoms with Crippen molar-refractivity contribution in [1.29, 1.82) is 0 Å². The number of benzene rings is 3. The van der Waals surface area contributed by atoms with E-state index in [1.54, 1.807) is 4.90 Å². The summed E-state index contributed by atoms with van der Waals surface area (Å²) in [5.41, 5.74) is -4.94. The van der Waals surface area contributed by atoms with Crippen LogP contribution in [0.25, 0.3) is 0 Å². The van der Waals surface area contributed by atoms with Gasteiger partial charge in [0.2, 0.25) is 0 Å². The van der Waals surface area contributed by atoms with E-state index in [0.29, 0.717) is 24.2 Å². The smallest absolute Gasteiger partial charge is 0.369 e. The van der Waals surface area contributed by atoms with Crippen molar-refractivity contribution >= 4 is 6.03 Å². The molecule has 0 unspecified atom stereocenters. The third-order valence-electron chi connectivity index (χ3n) is 7.25. The molecule has 4 nitrogen and oxygen atoms in total. The summed E-state index contributed by atoms with van der Waals surface area (Å²) in [6.45, 7) is 2.59. The highest BCUT2D eigenvalue weighted by molar-refractivity contribution is 5.75. The molecule has 1 aliphatic heterocycles. The van der Waals surface area contributed by atoms with Crippen molar-refractivity contribution in [2.45, 2.75) is 42.8 Å². The molecule has 0 saturated carbocycles. The first-order chi connectivity index (χ1) is 17.8. The van der Waals surface area contributed by atoms with Crippen LogP contribution in [0, 0.1) is 0 Å². The van der Waals surface area contributed by atoms with E-state index < -0.39 is 28.9 Å². The predicted octanol–water partition coefficient (Wildman–Crippen LogP) is 6.27. The van der Waals surface area contributed by atoms with E-state index in [0.717, 1.165) is 11.1 Å². The Morgan fingerprint density at radius 3 is 1.95 bits per heavy atom. The molecule has 1 aliphatic rings. The molecule has 3 aromatic rings. The van der Waals surface area contributed by atoms with Crippen LogP contribution in [0.1, 0.15) is 35.1 Å². The van der Waals surface area contributed by atoms with E-state index in [1.807, 2.05) is 67.6 Å². The maximum atomic E-state index is 13.4. The fourth-order valence-corrected chi connectivity index (χ4v) is 5.06. The minimum atomic E-state index is -5.97. The van der Waals surface area contributed by atoms with Crippen LogP contribution < -0.4 is 5.32 Å². The van der Waals surface area contributed by atoms with Gasteiger partial charge in [-0.2, -0.15) is 26.3 Å². The first-order valence-corrected chi connectivity index (χ1v) is 11.9. The highest BCUT2D eigenvalue weighted by Gasteiger charge is 2.71. The van der Waals surface area contributed by atoms with E-state index in [1.165, 1.54) is 12.1 Å². The van der Waals surface area contributed by atoms with Gasteiger partial charge >= 0.3 is 18.4 Å². The molecule has 10 heteroatoms. The van der Waals surface area contributed by atoms with Crippen molar-refractivity contribution < 1.29 is 36.2 Å². The van der Waals surface area contributed by atoms with Crippen LogP contribution in [0.15, 0.2) is 84.9 Å². The van der Waals surface area contributed by atoms with E-state index in [4.69, 9.17) is 0 Å². The van der Waals surface area contributed by atoms with Crippen molar-refractivity contribution in [3.05, 3.63) is 107 Å². The fraction of sp³-hybridized carbons (Fsp3) is 0.321. The molecule has 2 amide bonds. The molecule has 1 saturated heterocycles. The van der Waals surface area contributed by atoms with Gasteiger partial charge in [0.1, 0.15) is 0 Å². The Bertz CT molecular complexity index is 1230. The Kier molecular flexibility index (Phi) is 7.22. The van der Waals surface area contributed by atoms with Gasteiger partial charge in [0.25, 0.3) is 5.60 Å². The summed E-state index contributed by atoms with van der Waals surface area (Å²) in [4.78, 5) is 14.6. The van der Waals surface area contributed by atoms with Gasteiger partial charge in [-0.25, -0.2) is 4.79 Å². The molecular weight excluding hydrogens is 510 g/mol. The first-order valence-electron chi connectivity index (χ1n) is 11.9. The van der Waals surface area contributed by atoms with E-state index >= 15 is 0 Å². The number of nitrogens with zero attached hydrogens (tertiary/aromatic N) is 1. The number of hydrogen-bond donors (Lipinski definition) is 2. The standard InChI is InChI=1S/C28H26F6N2O2/c1-25(21-12-14-22(15-13-21)26(38,27(29,30)31)28(32,33)34)18-36(17-23(25)20-10-6-3-7-11-20)24(37)35-16-19-8-4-2-5-9-19/h2-15,23,38H,16-18H2,1H3,(H,35,37)/t23-,25+/m1/s1. The summed E-state index contributed by atoms with van der Waals surface area (Å²) in [6, 6.07) is 21.8. The monoisotopic (exact) mass is 536 g/mol. The summed E-state index contributed by atoms with van der Waals surface area (Å²) >= 11 is 0. The van der Waals surface area contributed by atoms with Gasteiger partial charge in [0.05, 0.1) is 0 Å². The minimum absolute atomic E-state index is 0.176. The van der Waals surface area contributed by atoms with Crippen LogP contribution in [0.4, 0.5) is 31.1 Å². The van der Waals surface area contributed by atoms with Crippen LogP contribution in [0.5, 0.6) is 0 Å². The number of aliphatic hydroxyl groups is 1. The highest BCUT2D eigenvalue weighted by atomic mass is 19.4. The number of rotatable bonds is 5. The summed E-state index contributed by atoms with van der Waals surface area (Å²) in [7, 11) is 0. The van der Waals surface area contributed by atoms with Gasteiger partial charge in [-0.3, -0.25) is 0 Å². The Labute approximate surface area is 215 Å². The second-order valence-corrected chi connectivity index (χ2v) is 9.69. The molecule has 2 N–H and O–H groups in total. The second-order valence-electron chi connectivity index (χ2n) is 9.69. The largest absolute Gasteiger partial charge is 0.430 e. The average Bonchev–Trinajstić information content (AvgIpc) is 3.25. The Morgan fingerprint density at radius 1 is 0.895 bits per heavy atom. The Morgan fingerprint density at radius 2 is 1.42 bits per heavy atom. The molecule has 0 aromatic heterocycles. The van der Waals surface area contributed by atoms with Crippen LogP contribution in [-0.2, 0) is 17.6 Å².